The first-order chi connectivity index (χ1) is 15.8. The van der Waals surface area contributed by atoms with E-state index in [4.69, 9.17) is 0 Å². The minimum Gasteiger partial charge on any atom is -0.315 e. The van der Waals surface area contributed by atoms with Gasteiger partial charge in [-0.3, -0.25) is 9.10 Å². The van der Waals surface area contributed by atoms with Crippen molar-refractivity contribution in [3.63, 3.8) is 0 Å². The summed E-state index contributed by atoms with van der Waals surface area (Å²) in [6.07, 6.45) is 3.84. The van der Waals surface area contributed by atoms with Gasteiger partial charge in [-0.15, -0.1) is 11.3 Å². The molecule has 8 heteroatoms. The van der Waals surface area contributed by atoms with Crippen LogP contribution in [0.4, 0.5) is 10.7 Å². The summed E-state index contributed by atoms with van der Waals surface area (Å²) in [4.78, 5) is 14.4. The van der Waals surface area contributed by atoms with Crippen LogP contribution in [0.15, 0.2) is 53.4 Å². The lowest BCUT2D eigenvalue weighted by atomic mass is 9.96. The highest BCUT2D eigenvalue weighted by Gasteiger charge is 2.29. The average Bonchev–Trinajstić information content (AvgIpc) is 3.14. The molecule has 0 spiro atoms. The third kappa shape index (κ3) is 4.80. The molecule has 0 atom stereocenters. The Labute approximate surface area is 198 Å². The number of hydrogen-bond donors (Lipinski definition) is 1. The number of rotatable bonds is 6. The number of amides is 1. The molecule has 1 aromatic heterocycles. The van der Waals surface area contributed by atoms with Gasteiger partial charge in [-0.1, -0.05) is 24.3 Å². The summed E-state index contributed by atoms with van der Waals surface area (Å²) in [6.45, 7) is 3.38. The fourth-order valence-electron chi connectivity index (χ4n) is 4.20. The molecule has 33 heavy (non-hydrogen) atoms. The predicted molar refractivity (Wildman–Crippen MR) is 131 cm³/mol. The van der Waals surface area contributed by atoms with Crippen molar-refractivity contribution in [1.29, 1.82) is 5.26 Å². The number of aryl methyl sites for hydroxylation is 3. The summed E-state index contributed by atoms with van der Waals surface area (Å²) >= 11 is 1.42. The molecule has 0 saturated heterocycles. The van der Waals surface area contributed by atoms with Gasteiger partial charge in [-0.25, -0.2) is 8.42 Å². The van der Waals surface area contributed by atoms with Crippen molar-refractivity contribution in [2.24, 2.45) is 0 Å². The third-order valence-corrected chi connectivity index (χ3v) is 8.64. The van der Waals surface area contributed by atoms with E-state index >= 15 is 0 Å². The van der Waals surface area contributed by atoms with Gasteiger partial charge in [-0.2, -0.15) is 5.26 Å². The van der Waals surface area contributed by atoms with Crippen LogP contribution in [-0.4, -0.2) is 20.9 Å². The zero-order chi connectivity index (χ0) is 23.6. The number of benzene rings is 2. The zero-order valence-electron chi connectivity index (χ0n) is 18.6. The first kappa shape index (κ1) is 23.0. The Bertz CT molecular complexity index is 1320. The van der Waals surface area contributed by atoms with Crippen molar-refractivity contribution >= 4 is 38.0 Å². The maximum Gasteiger partial charge on any atom is 0.264 e. The minimum atomic E-state index is -3.98. The van der Waals surface area contributed by atoms with E-state index < -0.39 is 22.5 Å². The lowest BCUT2D eigenvalue weighted by molar-refractivity contribution is -0.114. The van der Waals surface area contributed by atoms with E-state index in [2.05, 4.69) is 11.4 Å². The largest absolute Gasteiger partial charge is 0.315 e. The van der Waals surface area contributed by atoms with E-state index in [0.29, 0.717) is 16.3 Å². The highest BCUT2D eigenvalue weighted by atomic mass is 32.2. The Morgan fingerprint density at radius 2 is 1.76 bits per heavy atom. The summed E-state index contributed by atoms with van der Waals surface area (Å²) in [5.74, 6) is -0.483. The van der Waals surface area contributed by atoms with E-state index in [0.717, 1.165) is 51.6 Å². The molecule has 170 valence electrons. The van der Waals surface area contributed by atoms with Crippen LogP contribution in [0.3, 0.4) is 0 Å². The van der Waals surface area contributed by atoms with Crippen LogP contribution in [0.25, 0.3) is 0 Å². The molecular weight excluding hydrogens is 454 g/mol. The number of carbonyl (C=O) groups excluding carboxylic acids is 1. The van der Waals surface area contributed by atoms with E-state index in [1.54, 1.807) is 30.3 Å². The number of anilines is 2. The number of fused-ring (bicyclic) bond motifs is 1. The molecule has 4 rings (SSSR count). The molecule has 1 N–H and O–H groups in total. The normalized spacial score (nSPS) is 13.1. The molecular formula is C25H25N3O3S2. The van der Waals surface area contributed by atoms with Crippen LogP contribution >= 0.6 is 11.3 Å². The van der Waals surface area contributed by atoms with Crippen molar-refractivity contribution in [3.05, 3.63) is 75.7 Å². The van der Waals surface area contributed by atoms with Crippen LogP contribution in [-0.2, 0) is 27.7 Å². The number of thiophene rings is 1. The molecule has 0 saturated carbocycles. The molecule has 1 heterocycles. The highest BCUT2D eigenvalue weighted by molar-refractivity contribution is 7.92. The maximum atomic E-state index is 13.5. The molecule has 3 aromatic rings. The van der Waals surface area contributed by atoms with E-state index in [1.165, 1.54) is 23.5 Å². The first-order valence-electron chi connectivity index (χ1n) is 10.8. The van der Waals surface area contributed by atoms with Gasteiger partial charge in [0.15, 0.2) is 0 Å². The second-order valence-corrected chi connectivity index (χ2v) is 11.2. The molecule has 1 aliphatic rings. The molecule has 2 aromatic carbocycles. The second kappa shape index (κ2) is 9.38. The van der Waals surface area contributed by atoms with Crippen molar-refractivity contribution in [2.75, 3.05) is 16.2 Å². The molecule has 0 aliphatic heterocycles. The van der Waals surface area contributed by atoms with E-state index in [-0.39, 0.29) is 4.90 Å². The molecule has 0 bridgehead atoms. The smallest absolute Gasteiger partial charge is 0.264 e. The minimum absolute atomic E-state index is 0.112. The van der Waals surface area contributed by atoms with Crippen molar-refractivity contribution in [2.45, 2.75) is 44.4 Å². The predicted octanol–water partition coefficient (Wildman–Crippen LogP) is 4.95. The standard InChI is InChI=1S/C25H25N3O3S2/c1-17-12-18(2)14-19(13-17)28(33(30,31)20-8-4-3-5-9-20)16-24(29)27-25-22(15-26)21-10-6-7-11-23(21)32-25/h3-5,8-9,12-14H,6-7,10-11,16H2,1-2H3,(H,27,29). The quantitative estimate of drug-likeness (QED) is 0.542. The Hall–Kier alpha value is -3.15. The number of nitrogens with zero attached hydrogens (tertiary/aromatic N) is 2. The molecule has 0 fully saturated rings. The van der Waals surface area contributed by atoms with Gasteiger partial charge in [0.2, 0.25) is 5.91 Å². The van der Waals surface area contributed by atoms with Crippen molar-refractivity contribution < 1.29 is 13.2 Å². The number of nitrogens with one attached hydrogen (secondary N) is 1. The van der Waals surface area contributed by atoms with Crippen LogP contribution in [0, 0.1) is 25.2 Å². The fourth-order valence-corrected chi connectivity index (χ4v) is 6.88. The summed E-state index contributed by atoms with van der Waals surface area (Å²) in [5.41, 5.74) is 3.75. The summed E-state index contributed by atoms with van der Waals surface area (Å²) in [5, 5.41) is 13.0. The molecule has 1 aliphatic carbocycles. The highest BCUT2D eigenvalue weighted by Crippen LogP contribution is 2.37. The van der Waals surface area contributed by atoms with Gasteiger partial charge in [0.1, 0.15) is 17.6 Å². The Kier molecular flexibility index (Phi) is 6.54. The monoisotopic (exact) mass is 479 g/mol. The van der Waals surface area contributed by atoms with Gasteiger partial charge in [0.25, 0.3) is 10.0 Å². The number of sulfonamides is 1. The fraction of sp³-hybridized carbons (Fsp3) is 0.280. The van der Waals surface area contributed by atoms with Crippen LogP contribution in [0.1, 0.15) is 40.0 Å². The van der Waals surface area contributed by atoms with Gasteiger partial charge >= 0.3 is 0 Å². The van der Waals surface area contributed by atoms with Gasteiger partial charge < -0.3 is 5.32 Å². The topological polar surface area (TPSA) is 90.3 Å². The summed E-state index contributed by atoms with van der Waals surface area (Å²) < 4.78 is 28.2. The van der Waals surface area contributed by atoms with Gasteiger partial charge in [0.05, 0.1) is 16.1 Å². The molecule has 0 unspecified atom stereocenters. The SMILES string of the molecule is Cc1cc(C)cc(N(CC(=O)Nc2sc3c(c2C#N)CCCC3)S(=O)(=O)c2ccccc2)c1. The lowest BCUT2D eigenvalue weighted by Crippen LogP contribution is -2.38. The van der Waals surface area contributed by atoms with Crippen molar-refractivity contribution in [1.82, 2.24) is 0 Å². The summed E-state index contributed by atoms with van der Waals surface area (Å²) in [7, 11) is -3.98. The number of carbonyl (C=O) groups is 1. The Balaban J connectivity index is 1.68. The molecule has 0 radical (unpaired) electrons. The van der Waals surface area contributed by atoms with Crippen LogP contribution in [0.5, 0.6) is 0 Å². The lowest BCUT2D eigenvalue weighted by Gasteiger charge is -2.25. The van der Waals surface area contributed by atoms with E-state index in [9.17, 15) is 18.5 Å². The first-order valence-corrected chi connectivity index (χ1v) is 13.1. The summed E-state index contributed by atoms with van der Waals surface area (Å²) in [6, 6.07) is 15.8. The Morgan fingerprint density at radius 1 is 1.09 bits per heavy atom. The van der Waals surface area contributed by atoms with Crippen molar-refractivity contribution in [3.8, 4) is 6.07 Å². The van der Waals surface area contributed by atoms with Gasteiger partial charge in [-0.05, 0) is 80.5 Å². The van der Waals surface area contributed by atoms with E-state index in [1.807, 2.05) is 19.9 Å². The van der Waals surface area contributed by atoms with Crippen LogP contribution < -0.4 is 9.62 Å². The van der Waals surface area contributed by atoms with Crippen LogP contribution in [0.2, 0.25) is 0 Å². The zero-order valence-corrected chi connectivity index (χ0v) is 20.2. The number of hydrogen-bond acceptors (Lipinski definition) is 5. The average molecular weight is 480 g/mol. The second-order valence-electron chi connectivity index (χ2n) is 8.25. The maximum absolute atomic E-state index is 13.5. The third-order valence-electron chi connectivity index (χ3n) is 5.65. The Morgan fingerprint density at radius 3 is 2.42 bits per heavy atom. The molecule has 1 amide bonds. The van der Waals surface area contributed by atoms with Gasteiger partial charge in [0, 0.05) is 4.88 Å². The number of nitriles is 1. The molecule has 6 nitrogen and oxygen atoms in total.